The van der Waals surface area contributed by atoms with Crippen LogP contribution in [0.4, 0.5) is 5.88 Å². The van der Waals surface area contributed by atoms with Crippen molar-refractivity contribution in [2.75, 3.05) is 18.0 Å². The number of benzene rings is 1. The Labute approximate surface area is 124 Å². The van der Waals surface area contributed by atoms with E-state index in [1.165, 1.54) is 6.42 Å². The molecule has 0 spiro atoms. The molecule has 1 saturated heterocycles. The summed E-state index contributed by atoms with van der Waals surface area (Å²) in [6, 6.07) is 8.37. The highest BCUT2D eigenvalue weighted by Gasteiger charge is 2.30. The third-order valence-corrected chi connectivity index (χ3v) is 5.31. The van der Waals surface area contributed by atoms with Gasteiger partial charge in [0.1, 0.15) is 0 Å². The number of sulfone groups is 1. The smallest absolute Gasteiger partial charge is 0.236 e. The van der Waals surface area contributed by atoms with Crippen molar-refractivity contribution in [3.8, 4) is 0 Å². The van der Waals surface area contributed by atoms with Crippen LogP contribution in [-0.4, -0.2) is 26.5 Å². The molecular formula is C15H18N2O3S. The van der Waals surface area contributed by atoms with E-state index in [0.717, 1.165) is 25.9 Å². The molecule has 1 aliphatic heterocycles. The molecule has 21 heavy (non-hydrogen) atoms. The van der Waals surface area contributed by atoms with Gasteiger partial charge in [0.25, 0.3) is 0 Å². The van der Waals surface area contributed by atoms with Crippen molar-refractivity contribution in [3.05, 3.63) is 36.2 Å². The van der Waals surface area contributed by atoms with Gasteiger partial charge in [0, 0.05) is 20.0 Å². The fourth-order valence-corrected chi connectivity index (χ4v) is 3.97. The maximum absolute atomic E-state index is 12.8. The number of nitrogens with zero attached hydrogens (tertiary/aromatic N) is 2. The highest BCUT2D eigenvalue weighted by atomic mass is 32.2. The van der Waals surface area contributed by atoms with Crippen molar-refractivity contribution >= 4 is 15.7 Å². The van der Waals surface area contributed by atoms with E-state index in [9.17, 15) is 8.42 Å². The Balaban J connectivity index is 2.06. The third-order valence-electron chi connectivity index (χ3n) is 3.64. The van der Waals surface area contributed by atoms with Crippen LogP contribution in [-0.2, 0) is 9.84 Å². The molecule has 1 aromatic heterocycles. The van der Waals surface area contributed by atoms with Crippen LogP contribution in [0.3, 0.4) is 0 Å². The Morgan fingerprint density at radius 3 is 2.43 bits per heavy atom. The summed E-state index contributed by atoms with van der Waals surface area (Å²) in [6.45, 7) is 3.30. The molecule has 2 aromatic rings. The van der Waals surface area contributed by atoms with E-state index >= 15 is 0 Å². The van der Waals surface area contributed by atoms with E-state index in [-0.39, 0.29) is 9.92 Å². The first kappa shape index (κ1) is 14.1. The van der Waals surface area contributed by atoms with Crippen LogP contribution >= 0.6 is 0 Å². The van der Waals surface area contributed by atoms with Gasteiger partial charge in [0.2, 0.25) is 20.7 Å². The lowest BCUT2D eigenvalue weighted by Gasteiger charge is -2.26. The van der Waals surface area contributed by atoms with Gasteiger partial charge < -0.3 is 9.32 Å². The Kier molecular flexibility index (Phi) is 3.71. The van der Waals surface area contributed by atoms with E-state index in [2.05, 4.69) is 4.98 Å². The van der Waals surface area contributed by atoms with Crippen LogP contribution < -0.4 is 4.90 Å². The molecule has 0 radical (unpaired) electrons. The van der Waals surface area contributed by atoms with Crippen LogP contribution in [0.5, 0.6) is 0 Å². The van der Waals surface area contributed by atoms with Gasteiger partial charge in [0.15, 0.2) is 5.89 Å². The van der Waals surface area contributed by atoms with Crippen molar-refractivity contribution in [1.82, 2.24) is 4.98 Å². The zero-order valence-electron chi connectivity index (χ0n) is 11.9. The Hall–Kier alpha value is -1.82. The van der Waals surface area contributed by atoms with E-state index in [4.69, 9.17) is 4.42 Å². The first-order valence-corrected chi connectivity index (χ1v) is 8.60. The maximum atomic E-state index is 12.8. The van der Waals surface area contributed by atoms with Crippen LogP contribution in [0, 0.1) is 6.92 Å². The van der Waals surface area contributed by atoms with Gasteiger partial charge in [-0.1, -0.05) is 18.2 Å². The lowest BCUT2D eigenvalue weighted by Crippen LogP contribution is -2.30. The second-order valence-corrected chi connectivity index (χ2v) is 7.07. The van der Waals surface area contributed by atoms with E-state index in [1.54, 1.807) is 37.3 Å². The van der Waals surface area contributed by atoms with Crippen LogP contribution in [0.15, 0.2) is 44.7 Å². The molecular weight excluding hydrogens is 288 g/mol. The maximum Gasteiger partial charge on any atom is 0.236 e. The van der Waals surface area contributed by atoms with Crippen molar-refractivity contribution in [3.63, 3.8) is 0 Å². The minimum Gasteiger partial charge on any atom is -0.424 e. The average molecular weight is 306 g/mol. The number of rotatable bonds is 3. The molecule has 0 amide bonds. The van der Waals surface area contributed by atoms with Gasteiger partial charge in [0.05, 0.1) is 4.90 Å². The number of aromatic nitrogens is 1. The summed E-state index contributed by atoms with van der Waals surface area (Å²) in [7, 11) is -3.64. The first-order valence-electron chi connectivity index (χ1n) is 7.11. The number of oxazole rings is 1. The number of aryl methyl sites for hydroxylation is 1. The predicted octanol–water partition coefficient (Wildman–Crippen LogP) is 2.81. The third kappa shape index (κ3) is 2.68. The molecule has 1 aromatic carbocycles. The number of piperidine rings is 1. The topological polar surface area (TPSA) is 63.4 Å². The average Bonchev–Trinajstić information content (AvgIpc) is 2.92. The van der Waals surface area contributed by atoms with Gasteiger partial charge in [-0.2, -0.15) is 4.98 Å². The van der Waals surface area contributed by atoms with Gasteiger partial charge in [-0.05, 0) is 31.4 Å². The predicted molar refractivity (Wildman–Crippen MR) is 79.2 cm³/mol. The summed E-state index contributed by atoms with van der Waals surface area (Å²) in [5.41, 5.74) is 0. The second kappa shape index (κ2) is 5.52. The first-order chi connectivity index (χ1) is 10.1. The van der Waals surface area contributed by atoms with Gasteiger partial charge in [-0.25, -0.2) is 8.42 Å². The minimum absolute atomic E-state index is 0.0353. The second-order valence-electron chi connectivity index (χ2n) is 5.21. The molecule has 0 aliphatic carbocycles. The fraction of sp³-hybridized carbons (Fsp3) is 0.400. The zero-order valence-corrected chi connectivity index (χ0v) is 12.8. The monoisotopic (exact) mass is 306 g/mol. The van der Waals surface area contributed by atoms with Crippen LogP contribution in [0.1, 0.15) is 25.2 Å². The lowest BCUT2D eigenvalue weighted by atomic mass is 10.1. The SMILES string of the molecule is Cc1nc(S(=O)(=O)c2ccccc2)c(N2CCCCC2)o1. The summed E-state index contributed by atoms with van der Waals surface area (Å²) in [5, 5.41) is 0.0353. The van der Waals surface area contributed by atoms with E-state index in [1.807, 2.05) is 4.90 Å². The highest BCUT2D eigenvalue weighted by molar-refractivity contribution is 7.91. The molecule has 1 fully saturated rings. The van der Waals surface area contributed by atoms with E-state index in [0.29, 0.717) is 11.8 Å². The molecule has 2 heterocycles. The zero-order chi connectivity index (χ0) is 14.9. The number of anilines is 1. The number of hydrogen-bond acceptors (Lipinski definition) is 5. The molecule has 0 saturated carbocycles. The van der Waals surface area contributed by atoms with Gasteiger partial charge >= 0.3 is 0 Å². The fourth-order valence-electron chi connectivity index (χ4n) is 2.58. The van der Waals surface area contributed by atoms with Crippen molar-refractivity contribution in [1.29, 1.82) is 0 Å². The summed E-state index contributed by atoms with van der Waals surface area (Å²) in [4.78, 5) is 6.37. The molecule has 0 N–H and O–H groups in total. The van der Waals surface area contributed by atoms with Crippen LogP contribution in [0.25, 0.3) is 0 Å². The molecule has 1 aliphatic rings. The molecule has 0 unspecified atom stereocenters. The summed E-state index contributed by atoms with van der Waals surface area (Å²) < 4.78 is 31.1. The number of hydrogen-bond donors (Lipinski definition) is 0. The summed E-state index contributed by atoms with van der Waals surface area (Å²) in [6.07, 6.45) is 3.26. The van der Waals surface area contributed by atoms with E-state index < -0.39 is 9.84 Å². The van der Waals surface area contributed by atoms with Crippen LogP contribution in [0.2, 0.25) is 0 Å². The van der Waals surface area contributed by atoms with Gasteiger partial charge in [-0.3, -0.25) is 0 Å². The standard InChI is InChI=1S/C15H18N2O3S/c1-12-16-14(15(20-12)17-10-6-3-7-11-17)21(18,19)13-8-4-2-5-9-13/h2,4-5,8-9H,3,6-7,10-11H2,1H3. The highest BCUT2D eigenvalue weighted by Crippen LogP contribution is 2.32. The quantitative estimate of drug-likeness (QED) is 0.872. The summed E-state index contributed by atoms with van der Waals surface area (Å²) in [5.74, 6) is 0.765. The molecule has 0 atom stereocenters. The summed E-state index contributed by atoms with van der Waals surface area (Å²) >= 11 is 0. The van der Waals surface area contributed by atoms with Crippen molar-refractivity contribution in [2.24, 2.45) is 0 Å². The van der Waals surface area contributed by atoms with Crippen molar-refractivity contribution < 1.29 is 12.8 Å². The largest absolute Gasteiger partial charge is 0.424 e. The molecule has 0 bridgehead atoms. The molecule has 112 valence electrons. The molecule has 5 nitrogen and oxygen atoms in total. The normalized spacial score (nSPS) is 16.1. The molecule has 6 heteroatoms. The Bertz CT molecular complexity index is 717. The molecule has 3 rings (SSSR count). The van der Waals surface area contributed by atoms with Crippen molar-refractivity contribution in [2.45, 2.75) is 36.1 Å². The van der Waals surface area contributed by atoms with Gasteiger partial charge in [-0.15, -0.1) is 0 Å². The minimum atomic E-state index is -3.64. The Morgan fingerprint density at radius 1 is 1.10 bits per heavy atom. The Morgan fingerprint density at radius 2 is 1.76 bits per heavy atom. The lowest BCUT2D eigenvalue weighted by molar-refractivity contribution is 0.476.